The normalized spacial score (nSPS) is 21.9. The Bertz CT molecular complexity index is 407. The van der Waals surface area contributed by atoms with Gasteiger partial charge in [-0.2, -0.15) is 5.10 Å². The van der Waals surface area contributed by atoms with Crippen LogP contribution in [0.4, 0.5) is 0 Å². The molecule has 18 heavy (non-hydrogen) atoms. The van der Waals surface area contributed by atoms with Crippen LogP contribution in [0.15, 0.2) is 12.4 Å². The Hall–Kier alpha value is -1.32. The molecule has 1 aromatic rings. The molecule has 2 heterocycles. The van der Waals surface area contributed by atoms with Gasteiger partial charge < -0.3 is 4.90 Å². The number of carbonyl (C=O) groups is 1. The van der Waals surface area contributed by atoms with E-state index >= 15 is 0 Å². The first-order chi connectivity index (χ1) is 8.77. The molecule has 0 unspecified atom stereocenters. The van der Waals surface area contributed by atoms with Gasteiger partial charge in [0, 0.05) is 25.7 Å². The Morgan fingerprint density at radius 1 is 1.39 bits per heavy atom. The van der Waals surface area contributed by atoms with Crippen molar-refractivity contribution in [3.63, 3.8) is 0 Å². The van der Waals surface area contributed by atoms with Crippen LogP contribution in [-0.2, 0) is 11.2 Å². The van der Waals surface area contributed by atoms with Crippen molar-refractivity contribution in [2.75, 3.05) is 13.1 Å². The molecule has 4 heteroatoms. The summed E-state index contributed by atoms with van der Waals surface area (Å²) in [5.41, 5.74) is 1.61. The highest BCUT2D eigenvalue weighted by Crippen LogP contribution is 2.45. The molecule has 1 aliphatic heterocycles. The van der Waals surface area contributed by atoms with Crippen LogP contribution < -0.4 is 0 Å². The van der Waals surface area contributed by atoms with E-state index in [0.29, 0.717) is 17.7 Å². The molecule has 1 N–H and O–H groups in total. The third kappa shape index (κ3) is 2.28. The van der Waals surface area contributed by atoms with Crippen molar-refractivity contribution in [2.24, 2.45) is 5.41 Å². The molecule has 0 aromatic carbocycles. The summed E-state index contributed by atoms with van der Waals surface area (Å²) in [6.45, 7) is 1.99. The van der Waals surface area contributed by atoms with Crippen molar-refractivity contribution in [1.29, 1.82) is 0 Å². The van der Waals surface area contributed by atoms with E-state index in [1.807, 2.05) is 6.20 Å². The second kappa shape index (κ2) is 4.75. The highest BCUT2D eigenvalue weighted by Gasteiger charge is 2.41. The highest BCUT2D eigenvalue weighted by atomic mass is 16.2. The van der Waals surface area contributed by atoms with Crippen molar-refractivity contribution in [3.8, 4) is 0 Å². The second-order valence-electron chi connectivity index (χ2n) is 5.88. The van der Waals surface area contributed by atoms with E-state index in [2.05, 4.69) is 15.1 Å². The number of aromatic amines is 1. The Labute approximate surface area is 108 Å². The zero-order valence-electron chi connectivity index (χ0n) is 10.8. The molecule has 1 saturated carbocycles. The summed E-state index contributed by atoms with van der Waals surface area (Å²) in [6.07, 6.45) is 11.7. The van der Waals surface area contributed by atoms with Gasteiger partial charge in [-0.1, -0.05) is 12.8 Å². The lowest BCUT2D eigenvalue weighted by atomic mass is 9.86. The van der Waals surface area contributed by atoms with Gasteiger partial charge >= 0.3 is 0 Å². The standard InChI is InChI=1S/C14H21N3O/c18-13(4-3-12-9-15-16-10-12)17-8-7-14(11-17)5-1-2-6-14/h9-10H,1-8,11H2,(H,15,16). The first kappa shape index (κ1) is 11.8. The number of carbonyl (C=O) groups excluding carboxylic acids is 1. The Balaban J connectivity index is 1.51. The number of aryl methyl sites for hydroxylation is 1. The summed E-state index contributed by atoms with van der Waals surface area (Å²) in [7, 11) is 0. The second-order valence-corrected chi connectivity index (χ2v) is 5.88. The maximum absolute atomic E-state index is 12.2. The van der Waals surface area contributed by atoms with Gasteiger partial charge in [-0.15, -0.1) is 0 Å². The molecule has 0 radical (unpaired) electrons. The number of amides is 1. The minimum absolute atomic E-state index is 0.319. The van der Waals surface area contributed by atoms with Gasteiger partial charge in [0.1, 0.15) is 0 Å². The van der Waals surface area contributed by atoms with Crippen molar-refractivity contribution in [3.05, 3.63) is 18.0 Å². The predicted octanol–water partition coefficient (Wildman–Crippen LogP) is 2.14. The Morgan fingerprint density at radius 2 is 2.22 bits per heavy atom. The van der Waals surface area contributed by atoms with Gasteiger partial charge in [-0.3, -0.25) is 9.89 Å². The maximum atomic E-state index is 12.2. The van der Waals surface area contributed by atoms with Crippen molar-refractivity contribution in [2.45, 2.75) is 44.9 Å². The number of likely N-dealkylation sites (tertiary alicyclic amines) is 1. The molecule has 4 nitrogen and oxygen atoms in total. The quantitative estimate of drug-likeness (QED) is 0.889. The first-order valence-electron chi connectivity index (χ1n) is 7.03. The van der Waals surface area contributed by atoms with E-state index in [0.717, 1.165) is 25.1 Å². The smallest absolute Gasteiger partial charge is 0.222 e. The Kier molecular flexibility index (Phi) is 3.10. The van der Waals surface area contributed by atoms with E-state index < -0.39 is 0 Å². The lowest BCUT2D eigenvalue weighted by Gasteiger charge is -2.23. The molecule has 2 fully saturated rings. The van der Waals surface area contributed by atoms with Gasteiger partial charge in [0.2, 0.25) is 5.91 Å². The monoisotopic (exact) mass is 247 g/mol. The van der Waals surface area contributed by atoms with Crippen LogP contribution in [0.2, 0.25) is 0 Å². The number of aromatic nitrogens is 2. The summed E-state index contributed by atoms with van der Waals surface area (Å²) >= 11 is 0. The summed E-state index contributed by atoms with van der Waals surface area (Å²) in [4.78, 5) is 14.3. The number of rotatable bonds is 3. The van der Waals surface area contributed by atoms with Crippen LogP contribution in [0.25, 0.3) is 0 Å². The fraction of sp³-hybridized carbons (Fsp3) is 0.714. The number of hydrogen-bond acceptors (Lipinski definition) is 2. The molecule has 2 aliphatic rings. The van der Waals surface area contributed by atoms with E-state index in [9.17, 15) is 4.79 Å². The van der Waals surface area contributed by atoms with Gasteiger partial charge in [0.15, 0.2) is 0 Å². The van der Waals surface area contributed by atoms with Gasteiger partial charge in [0.05, 0.1) is 6.20 Å². The van der Waals surface area contributed by atoms with Crippen LogP contribution in [0, 0.1) is 5.41 Å². The van der Waals surface area contributed by atoms with Crippen molar-refractivity contribution >= 4 is 5.91 Å². The van der Waals surface area contributed by atoms with Crippen molar-refractivity contribution < 1.29 is 4.79 Å². The fourth-order valence-corrected chi connectivity index (χ4v) is 3.50. The lowest BCUT2D eigenvalue weighted by molar-refractivity contribution is -0.130. The summed E-state index contributed by atoms with van der Waals surface area (Å²) < 4.78 is 0. The topological polar surface area (TPSA) is 49.0 Å². The number of nitrogens with zero attached hydrogens (tertiary/aromatic N) is 2. The van der Waals surface area contributed by atoms with E-state index in [4.69, 9.17) is 0 Å². The summed E-state index contributed by atoms with van der Waals surface area (Å²) in [5, 5.41) is 6.69. The zero-order chi connectivity index (χ0) is 12.4. The van der Waals surface area contributed by atoms with Crippen LogP contribution >= 0.6 is 0 Å². The van der Waals surface area contributed by atoms with E-state index in [1.165, 1.54) is 32.1 Å². The molecular formula is C14H21N3O. The SMILES string of the molecule is O=C(CCc1cn[nH]c1)N1CCC2(CCCC2)C1. The third-order valence-corrected chi connectivity index (χ3v) is 4.64. The van der Waals surface area contributed by atoms with Crippen LogP contribution in [0.3, 0.4) is 0 Å². The van der Waals surface area contributed by atoms with Crippen LogP contribution in [-0.4, -0.2) is 34.1 Å². The number of nitrogens with one attached hydrogen (secondary N) is 1. The molecule has 1 saturated heterocycles. The van der Waals surface area contributed by atoms with Crippen LogP contribution in [0.1, 0.15) is 44.1 Å². The number of hydrogen-bond donors (Lipinski definition) is 1. The van der Waals surface area contributed by atoms with Gasteiger partial charge in [0.25, 0.3) is 0 Å². The minimum atomic E-state index is 0.319. The largest absolute Gasteiger partial charge is 0.342 e. The maximum Gasteiger partial charge on any atom is 0.222 e. The molecular weight excluding hydrogens is 226 g/mol. The summed E-state index contributed by atoms with van der Waals surface area (Å²) in [5.74, 6) is 0.319. The fourth-order valence-electron chi connectivity index (χ4n) is 3.50. The summed E-state index contributed by atoms with van der Waals surface area (Å²) in [6, 6.07) is 0. The molecule has 0 bridgehead atoms. The third-order valence-electron chi connectivity index (χ3n) is 4.64. The van der Waals surface area contributed by atoms with Crippen molar-refractivity contribution in [1.82, 2.24) is 15.1 Å². The molecule has 1 amide bonds. The number of H-pyrrole nitrogens is 1. The molecule has 98 valence electrons. The average molecular weight is 247 g/mol. The van der Waals surface area contributed by atoms with Gasteiger partial charge in [-0.25, -0.2) is 0 Å². The predicted molar refractivity (Wildman–Crippen MR) is 69.0 cm³/mol. The minimum Gasteiger partial charge on any atom is -0.342 e. The molecule has 1 aliphatic carbocycles. The molecule has 1 spiro atoms. The van der Waals surface area contributed by atoms with E-state index in [-0.39, 0.29) is 0 Å². The average Bonchev–Trinajstić information content (AvgIpc) is 3.10. The Morgan fingerprint density at radius 3 is 2.94 bits per heavy atom. The van der Waals surface area contributed by atoms with E-state index in [1.54, 1.807) is 6.20 Å². The lowest BCUT2D eigenvalue weighted by Crippen LogP contribution is -2.31. The molecule has 0 atom stereocenters. The molecule has 1 aromatic heterocycles. The molecule has 3 rings (SSSR count). The zero-order valence-corrected chi connectivity index (χ0v) is 10.8. The van der Waals surface area contributed by atoms with Gasteiger partial charge in [-0.05, 0) is 36.7 Å². The first-order valence-corrected chi connectivity index (χ1v) is 7.03. The van der Waals surface area contributed by atoms with Crippen LogP contribution in [0.5, 0.6) is 0 Å². The highest BCUT2D eigenvalue weighted by molar-refractivity contribution is 5.76.